The van der Waals surface area contributed by atoms with Gasteiger partial charge < -0.3 is 4.57 Å². The summed E-state index contributed by atoms with van der Waals surface area (Å²) in [6, 6.07) is 2.36. The Morgan fingerprint density at radius 3 is 2.93 bits per heavy atom. The van der Waals surface area contributed by atoms with E-state index in [1.807, 2.05) is 19.3 Å². The predicted octanol–water partition coefficient (Wildman–Crippen LogP) is 1.83. The van der Waals surface area contributed by atoms with Crippen LogP contribution in [0.4, 0.5) is 0 Å². The topological polar surface area (TPSA) is 39.8 Å². The second kappa shape index (κ2) is 2.95. The number of halogens is 1. The quantitative estimate of drug-likeness (QED) is 0.791. The van der Waals surface area contributed by atoms with E-state index in [4.69, 9.17) is 0 Å². The van der Waals surface area contributed by atoms with Crippen LogP contribution in [-0.4, -0.2) is 14.3 Å². The molecule has 2 heterocycles. The molecular formula is C10H10BrN3O. The summed E-state index contributed by atoms with van der Waals surface area (Å²) in [4.78, 5) is 12.0. The first kappa shape index (κ1) is 9.15. The van der Waals surface area contributed by atoms with Gasteiger partial charge in [-0.25, -0.2) is 0 Å². The van der Waals surface area contributed by atoms with Crippen molar-refractivity contribution in [2.45, 2.75) is 18.9 Å². The van der Waals surface area contributed by atoms with E-state index in [0.29, 0.717) is 11.6 Å². The highest BCUT2D eigenvalue weighted by Crippen LogP contribution is 2.34. The fraction of sp³-hybridized carbons (Fsp3) is 0.400. The number of pyridine rings is 1. The average molecular weight is 268 g/mol. The van der Waals surface area contributed by atoms with E-state index in [1.54, 1.807) is 9.25 Å². The van der Waals surface area contributed by atoms with Crippen LogP contribution in [-0.2, 0) is 7.05 Å². The minimum atomic E-state index is 0.0244. The third-order valence-electron chi connectivity index (χ3n) is 2.79. The molecule has 1 fully saturated rings. The first-order valence-corrected chi connectivity index (χ1v) is 5.71. The summed E-state index contributed by atoms with van der Waals surface area (Å²) in [5.41, 5.74) is 0.579. The van der Waals surface area contributed by atoms with Gasteiger partial charge in [0.2, 0.25) is 0 Å². The number of rotatable bonds is 1. The lowest BCUT2D eigenvalue weighted by molar-refractivity contribution is 0.708. The third kappa shape index (κ3) is 1.26. The monoisotopic (exact) mass is 267 g/mol. The van der Waals surface area contributed by atoms with Crippen molar-refractivity contribution in [1.29, 1.82) is 0 Å². The van der Waals surface area contributed by atoms with Crippen molar-refractivity contribution in [3.63, 3.8) is 0 Å². The lowest BCUT2D eigenvalue weighted by Crippen LogP contribution is -2.18. The van der Waals surface area contributed by atoms with Crippen molar-refractivity contribution >= 4 is 26.8 Å². The maximum Gasteiger partial charge on any atom is 0.279 e. The Hall–Kier alpha value is -1.10. The number of fused-ring (bicyclic) bond motifs is 1. The zero-order valence-electron chi connectivity index (χ0n) is 8.27. The van der Waals surface area contributed by atoms with Crippen LogP contribution in [0.3, 0.4) is 0 Å². The van der Waals surface area contributed by atoms with Crippen LogP contribution in [0.2, 0.25) is 0 Å². The molecule has 0 atom stereocenters. The molecule has 4 nitrogen and oxygen atoms in total. The fourth-order valence-corrected chi connectivity index (χ4v) is 2.21. The second-order valence-electron chi connectivity index (χ2n) is 3.94. The number of hydrogen-bond donors (Lipinski definition) is 0. The van der Waals surface area contributed by atoms with E-state index in [2.05, 4.69) is 21.0 Å². The summed E-state index contributed by atoms with van der Waals surface area (Å²) in [5.74, 6) is 0. The first-order valence-electron chi connectivity index (χ1n) is 4.92. The molecule has 2 aromatic heterocycles. The van der Waals surface area contributed by atoms with Gasteiger partial charge >= 0.3 is 0 Å². The van der Waals surface area contributed by atoms with Crippen molar-refractivity contribution in [2.75, 3.05) is 0 Å². The molecule has 0 unspecified atom stereocenters. The van der Waals surface area contributed by atoms with Crippen LogP contribution in [0.1, 0.15) is 18.9 Å². The van der Waals surface area contributed by atoms with E-state index in [1.165, 1.54) is 0 Å². The molecular weight excluding hydrogens is 258 g/mol. The smallest absolute Gasteiger partial charge is 0.279 e. The zero-order chi connectivity index (χ0) is 10.6. The van der Waals surface area contributed by atoms with E-state index in [9.17, 15) is 4.79 Å². The summed E-state index contributed by atoms with van der Waals surface area (Å²) in [6.45, 7) is 0. The SMILES string of the molecule is Cn1nc2c(=O)n(C3CC3)ccc2c1Br. The van der Waals surface area contributed by atoms with Crippen molar-refractivity contribution in [2.24, 2.45) is 7.05 Å². The predicted molar refractivity (Wildman–Crippen MR) is 60.9 cm³/mol. The second-order valence-corrected chi connectivity index (χ2v) is 4.69. The Bertz CT molecular complexity index is 594. The van der Waals surface area contributed by atoms with Gasteiger partial charge in [-0.05, 0) is 34.8 Å². The van der Waals surface area contributed by atoms with Gasteiger partial charge in [0.05, 0.1) is 0 Å². The van der Waals surface area contributed by atoms with Gasteiger partial charge in [-0.1, -0.05) is 0 Å². The number of aryl methyl sites for hydroxylation is 1. The molecule has 1 saturated carbocycles. The Kier molecular flexibility index (Phi) is 1.80. The minimum absolute atomic E-state index is 0.0244. The summed E-state index contributed by atoms with van der Waals surface area (Å²) in [7, 11) is 1.82. The molecule has 0 radical (unpaired) electrons. The maximum atomic E-state index is 12.0. The molecule has 5 heteroatoms. The van der Waals surface area contributed by atoms with Gasteiger partial charge in [-0.3, -0.25) is 9.48 Å². The summed E-state index contributed by atoms with van der Waals surface area (Å²) in [5, 5.41) is 5.11. The van der Waals surface area contributed by atoms with Crippen LogP contribution in [0.5, 0.6) is 0 Å². The Morgan fingerprint density at radius 1 is 1.53 bits per heavy atom. The number of hydrogen-bond acceptors (Lipinski definition) is 2. The van der Waals surface area contributed by atoms with Crippen LogP contribution in [0.15, 0.2) is 21.7 Å². The van der Waals surface area contributed by atoms with Gasteiger partial charge in [0.25, 0.3) is 5.56 Å². The van der Waals surface area contributed by atoms with E-state index in [0.717, 1.165) is 22.8 Å². The molecule has 3 rings (SSSR count). The largest absolute Gasteiger partial charge is 0.311 e. The highest BCUT2D eigenvalue weighted by molar-refractivity contribution is 9.10. The van der Waals surface area contributed by atoms with Gasteiger partial charge in [-0.15, -0.1) is 0 Å². The van der Waals surface area contributed by atoms with Crippen molar-refractivity contribution < 1.29 is 0 Å². The standard InChI is InChI=1S/C10H10BrN3O/c1-13-9(11)7-4-5-14(6-2-3-6)10(15)8(7)12-13/h4-6H,2-3H2,1H3. The van der Waals surface area contributed by atoms with Crippen LogP contribution in [0.25, 0.3) is 10.9 Å². The Morgan fingerprint density at radius 2 is 2.27 bits per heavy atom. The maximum absolute atomic E-state index is 12.0. The highest BCUT2D eigenvalue weighted by atomic mass is 79.9. The van der Waals surface area contributed by atoms with Crippen LogP contribution < -0.4 is 5.56 Å². The molecule has 2 aromatic rings. The molecule has 0 saturated heterocycles. The van der Waals surface area contributed by atoms with E-state index in [-0.39, 0.29) is 5.56 Å². The highest BCUT2D eigenvalue weighted by Gasteiger charge is 2.25. The molecule has 0 amide bonds. The number of aromatic nitrogens is 3. The first-order chi connectivity index (χ1) is 7.18. The van der Waals surface area contributed by atoms with Crippen LogP contribution >= 0.6 is 15.9 Å². The van der Waals surface area contributed by atoms with E-state index >= 15 is 0 Å². The molecule has 0 aliphatic heterocycles. The van der Waals surface area contributed by atoms with Crippen molar-refractivity contribution in [3.8, 4) is 0 Å². The van der Waals surface area contributed by atoms with Gasteiger partial charge in [0.1, 0.15) is 4.60 Å². The van der Waals surface area contributed by atoms with Gasteiger partial charge in [0.15, 0.2) is 5.52 Å². The molecule has 1 aliphatic carbocycles. The molecule has 78 valence electrons. The van der Waals surface area contributed by atoms with E-state index < -0.39 is 0 Å². The lowest BCUT2D eigenvalue weighted by Gasteiger charge is -2.00. The zero-order valence-corrected chi connectivity index (χ0v) is 9.86. The fourth-order valence-electron chi connectivity index (χ4n) is 1.81. The minimum Gasteiger partial charge on any atom is -0.311 e. The average Bonchev–Trinajstić information content (AvgIpc) is 2.99. The number of nitrogens with zero attached hydrogens (tertiary/aromatic N) is 3. The summed E-state index contributed by atoms with van der Waals surface area (Å²) < 4.78 is 4.34. The molecule has 0 N–H and O–H groups in total. The molecule has 0 bridgehead atoms. The lowest BCUT2D eigenvalue weighted by atomic mass is 10.3. The van der Waals surface area contributed by atoms with Gasteiger partial charge in [0, 0.05) is 24.7 Å². The molecule has 15 heavy (non-hydrogen) atoms. The van der Waals surface area contributed by atoms with Crippen LogP contribution in [0, 0.1) is 0 Å². The van der Waals surface area contributed by atoms with Crippen molar-refractivity contribution in [1.82, 2.24) is 14.3 Å². The van der Waals surface area contributed by atoms with Gasteiger partial charge in [-0.2, -0.15) is 5.10 Å². The summed E-state index contributed by atoms with van der Waals surface area (Å²) >= 11 is 3.41. The summed E-state index contributed by atoms with van der Waals surface area (Å²) in [6.07, 6.45) is 4.09. The van der Waals surface area contributed by atoms with Crippen molar-refractivity contribution in [3.05, 3.63) is 27.2 Å². The third-order valence-corrected chi connectivity index (χ3v) is 3.73. The molecule has 0 spiro atoms. The molecule has 1 aliphatic rings. The normalized spacial score (nSPS) is 16.1. The molecule has 0 aromatic carbocycles. The Labute approximate surface area is 94.6 Å². The Balaban J connectivity index is 2.37.